The van der Waals surface area contributed by atoms with Crippen molar-refractivity contribution >= 4 is 11.9 Å². The number of carbonyl (C=O) groups is 1. The van der Waals surface area contributed by atoms with Crippen LogP contribution in [0.1, 0.15) is 128 Å². The number of anilines is 1. The van der Waals surface area contributed by atoms with Crippen molar-refractivity contribution < 1.29 is 4.79 Å². The topological polar surface area (TPSA) is 139 Å². The molecule has 8 nitrogen and oxygen atoms in total. The number of nitrogens with zero attached hydrogens (tertiary/aromatic N) is 2. The standard InChI is InChI=1S/C30H57N7O/c1-2-3-4-5-6-7-8-9-10-11-12-13-14-15-19-22-29(38)34-23-24-37(33)26-27(31)20-17-16-18-21-28-25-35-30(32)36-28/h9-10,25-26H,2-8,11-24,31,33H2,1H3,(H,34,38)(H3,32,35,36)/b10-9+,27-26-. The number of aromatic amines is 1. The maximum atomic E-state index is 12.1. The van der Waals surface area contributed by atoms with Gasteiger partial charge in [0.2, 0.25) is 5.91 Å². The first-order valence-electron chi connectivity index (χ1n) is 15.2. The highest BCUT2D eigenvalue weighted by Gasteiger charge is 2.03. The summed E-state index contributed by atoms with van der Waals surface area (Å²) in [5, 5.41) is 4.52. The highest BCUT2D eigenvalue weighted by atomic mass is 16.1. The van der Waals surface area contributed by atoms with Crippen LogP contribution in [0.4, 0.5) is 5.95 Å². The Balaban J connectivity index is 1.90. The van der Waals surface area contributed by atoms with Crippen LogP contribution in [-0.4, -0.2) is 34.0 Å². The summed E-state index contributed by atoms with van der Waals surface area (Å²) in [5.74, 6) is 6.57. The molecular weight excluding hydrogens is 474 g/mol. The van der Waals surface area contributed by atoms with Gasteiger partial charge in [0.1, 0.15) is 0 Å². The molecule has 8 N–H and O–H groups in total. The fourth-order valence-electron chi connectivity index (χ4n) is 4.44. The molecule has 0 aliphatic rings. The van der Waals surface area contributed by atoms with E-state index in [1.54, 1.807) is 17.4 Å². The fraction of sp³-hybridized carbons (Fsp3) is 0.733. The molecule has 0 aliphatic carbocycles. The molecule has 0 radical (unpaired) electrons. The number of aryl methyl sites for hydroxylation is 1. The summed E-state index contributed by atoms with van der Waals surface area (Å²) in [6.45, 7) is 3.33. The van der Waals surface area contributed by atoms with Crippen LogP contribution >= 0.6 is 0 Å². The van der Waals surface area contributed by atoms with Gasteiger partial charge in [0, 0.05) is 30.6 Å². The number of aromatic nitrogens is 2. The molecule has 0 fully saturated rings. The Morgan fingerprint density at radius 3 is 2.18 bits per heavy atom. The van der Waals surface area contributed by atoms with Crippen molar-refractivity contribution in [2.75, 3.05) is 18.8 Å². The first kappa shape index (κ1) is 33.5. The van der Waals surface area contributed by atoms with E-state index in [2.05, 4.69) is 34.4 Å². The third-order valence-corrected chi connectivity index (χ3v) is 6.75. The molecule has 8 heteroatoms. The number of hydrazine groups is 1. The lowest BCUT2D eigenvalue weighted by Gasteiger charge is -2.15. The van der Waals surface area contributed by atoms with E-state index < -0.39 is 0 Å². The van der Waals surface area contributed by atoms with E-state index in [0.29, 0.717) is 25.5 Å². The fourth-order valence-corrected chi connectivity index (χ4v) is 4.44. The van der Waals surface area contributed by atoms with Crippen LogP contribution in [0, 0.1) is 0 Å². The van der Waals surface area contributed by atoms with Gasteiger partial charge in [-0.25, -0.2) is 10.8 Å². The predicted octanol–water partition coefficient (Wildman–Crippen LogP) is 6.22. The summed E-state index contributed by atoms with van der Waals surface area (Å²) in [7, 11) is 0. The normalized spacial score (nSPS) is 11.9. The van der Waals surface area contributed by atoms with Gasteiger partial charge in [-0.1, -0.05) is 76.9 Å². The summed E-state index contributed by atoms with van der Waals surface area (Å²) < 4.78 is 0. The zero-order valence-electron chi connectivity index (χ0n) is 24.2. The number of hydrogen-bond acceptors (Lipinski definition) is 6. The van der Waals surface area contributed by atoms with E-state index >= 15 is 0 Å². The average Bonchev–Trinajstić information content (AvgIpc) is 3.30. The van der Waals surface area contributed by atoms with E-state index in [1.807, 2.05) is 0 Å². The summed E-state index contributed by atoms with van der Waals surface area (Å²) in [5.41, 5.74) is 13.5. The number of carbonyl (C=O) groups excluding carboxylic acids is 1. The Morgan fingerprint density at radius 2 is 1.53 bits per heavy atom. The minimum Gasteiger partial charge on any atom is -0.401 e. The van der Waals surface area contributed by atoms with Gasteiger partial charge in [0.25, 0.3) is 0 Å². The molecule has 218 valence electrons. The van der Waals surface area contributed by atoms with Gasteiger partial charge in [0.15, 0.2) is 5.95 Å². The third kappa shape index (κ3) is 20.6. The van der Waals surface area contributed by atoms with Gasteiger partial charge in [-0.2, -0.15) is 0 Å². The van der Waals surface area contributed by atoms with Crippen molar-refractivity contribution in [1.82, 2.24) is 20.3 Å². The van der Waals surface area contributed by atoms with E-state index in [9.17, 15) is 4.79 Å². The number of nitrogens with one attached hydrogen (secondary N) is 2. The van der Waals surface area contributed by atoms with Gasteiger partial charge in [-0.05, 0) is 57.8 Å². The van der Waals surface area contributed by atoms with E-state index in [0.717, 1.165) is 56.3 Å². The van der Waals surface area contributed by atoms with Gasteiger partial charge in [-0.3, -0.25) is 4.79 Å². The van der Waals surface area contributed by atoms with Crippen LogP contribution in [0.25, 0.3) is 0 Å². The van der Waals surface area contributed by atoms with Crippen LogP contribution in [-0.2, 0) is 11.2 Å². The molecule has 1 aromatic rings. The maximum absolute atomic E-state index is 12.1. The molecule has 0 aromatic carbocycles. The largest absolute Gasteiger partial charge is 0.401 e. The van der Waals surface area contributed by atoms with Crippen molar-refractivity contribution in [3.8, 4) is 0 Å². The maximum Gasteiger partial charge on any atom is 0.220 e. The highest BCUT2D eigenvalue weighted by molar-refractivity contribution is 5.75. The van der Waals surface area contributed by atoms with Crippen LogP contribution < -0.4 is 22.6 Å². The Hall–Kier alpha value is -2.48. The minimum atomic E-state index is 0.104. The summed E-state index contributed by atoms with van der Waals surface area (Å²) in [4.78, 5) is 19.1. The average molecular weight is 532 g/mol. The molecule has 1 heterocycles. The SMILES string of the molecule is CCCCCCCC/C=C/CCCCCCCC(=O)NCCN(N)/C=C(\N)CCCCCc1cnc(N)[nH]1. The molecule has 0 bridgehead atoms. The molecule has 1 aromatic heterocycles. The smallest absolute Gasteiger partial charge is 0.220 e. The molecule has 0 saturated carbocycles. The number of nitrogens with two attached hydrogens (primary N) is 3. The number of hydrogen-bond donors (Lipinski definition) is 5. The highest BCUT2D eigenvalue weighted by Crippen LogP contribution is 2.11. The second kappa shape index (κ2) is 23.6. The van der Waals surface area contributed by atoms with Gasteiger partial charge in [0.05, 0.1) is 12.7 Å². The third-order valence-electron chi connectivity index (χ3n) is 6.75. The first-order chi connectivity index (χ1) is 18.5. The summed E-state index contributed by atoms with van der Waals surface area (Å²) >= 11 is 0. The number of amides is 1. The number of allylic oxidation sites excluding steroid dienone is 3. The van der Waals surface area contributed by atoms with E-state index in [-0.39, 0.29) is 5.91 Å². The summed E-state index contributed by atoms with van der Waals surface area (Å²) in [6.07, 6.45) is 30.1. The van der Waals surface area contributed by atoms with Crippen molar-refractivity contribution in [3.63, 3.8) is 0 Å². The molecular formula is C30H57N7O. The molecule has 0 saturated heterocycles. The second-order valence-corrected chi connectivity index (χ2v) is 10.5. The monoisotopic (exact) mass is 531 g/mol. The molecule has 0 spiro atoms. The zero-order chi connectivity index (χ0) is 27.7. The Morgan fingerprint density at radius 1 is 0.921 bits per heavy atom. The lowest BCUT2D eigenvalue weighted by molar-refractivity contribution is -0.121. The summed E-state index contributed by atoms with van der Waals surface area (Å²) in [6, 6.07) is 0. The van der Waals surface area contributed by atoms with Crippen LogP contribution in [0.15, 0.2) is 30.2 Å². The molecule has 1 amide bonds. The second-order valence-electron chi connectivity index (χ2n) is 10.5. The number of imidazole rings is 1. The van der Waals surface area contributed by atoms with E-state index in [1.165, 1.54) is 70.6 Å². The van der Waals surface area contributed by atoms with Crippen molar-refractivity contribution in [2.24, 2.45) is 11.6 Å². The van der Waals surface area contributed by atoms with Gasteiger partial charge < -0.3 is 26.8 Å². The van der Waals surface area contributed by atoms with Crippen LogP contribution in [0.3, 0.4) is 0 Å². The molecule has 0 atom stereocenters. The van der Waals surface area contributed by atoms with Crippen LogP contribution in [0.5, 0.6) is 0 Å². The predicted molar refractivity (Wildman–Crippen MR) is 161 cm³/mol. The van der Waals surface area contributed by atoms with Gasteiger partial charge in [-0.15, -0.1) is 0 Å². The van der Waals surface area contributed by atoms with Crippen LogP contribution in [0.2, 0.25) is 0 Å². The molecule has 0 unspecified atom stereocenters. The lowest BCUT2D eigenvalue weighted by atomic mass is 10.1. The lowest BCUT2D eigenvalue weighted by Crippen LogP contribution is -2.36. The number of rotatable bonds is 25. The van der Waals surface area contributed by atoms with Crippen molar-refractivity contribution in [3.05, 3.63) is 35.9 Å². The Bertz CT molecular complexity index is 760. The zero-order valence-corrected chi connectivity index (χ0v) is 24.2. The van der Waals surface area contributed by atoms with Crippen molar-refractivity contribution in [1.29, 1.82) is 0 Å². The molecule has 1 rings (SSSR count). The van der Waals surface area contributed by atoms with Crippen molar-refractivity contribution in [2.45, 2.75) is 129 Å². The number of nitrogen functional groups attached to an aromatic ring is 1. The minimum absolute atomic E-state index is 0.104. The Kier molecular flexibility index (Phi) is 20.9. The van der Waals surface area contributed by atoms with Gasteiger partial charge >= 0.3 is 0 Å². The first-order valence-corrected chi connectivity index (χ1v) is 15.2. The van der Waals surface area contributed by atoms with E-state index in [4.69, 9.17) is 17.3 Å². The molecule has 38 heavy (non-hydrogen) atoms. The Labute approximate surface area is 232 Å². The quantitative estimate of drug-likeness (QED) is 0.0439. The number of unbranched alkanes of at least 4 members (excludes halogenated alkanes) is 13. The number of H-pyrrole nitrogens is 1. The molecule has 0 aliphatic heterocycles.